The molecule has 6 nitrogen and oxygen atoms in total. The number of nitrogens with one attached hydrogen (secondary N) is 2. The predicted octanol–water partition coefficient (Wildman–Crippen LogP) is 4.70. The van der Waals surface area contributed by atoms with Gasteiger partial charge in [0, 0.05) is 29.2 Å². The van der Waals surface area contributed by atoms with Crippen LogP contribution < -0.4 is 20.3 Å². The average Bonchev–Trinajstić information content (AvgIpc) is 2.84. The van der Waals surface area contributed by atoms with Crippen molar-refractivity contribution in [2.75, 3.05) is 18.5 Å². The highest BCUT2D eigenvalue weighted by molar-refractivity contribution is 7.80. The van der Waals surface area contributed by atoms with Gasteiger partial charge in [0.05, 0.1) is 12.1 Å². The van der Waals surface area contributed by atoms with E-state index in [0.717, 1.165) is 16.6 Å². The Hall–Kier alpha value is -3.84. The number of hydrogen-bond donors (Lipinski definition) is 2. The van der Waals surface area contributed by atoms with Gasteiger partial charge in [-0.2, -0.15) is 0 Å². The molecule has 0 aliphatic carbocycles. The number of anilines is 1. The molecule has 0 radical (unpaired) electrons. The summed E-state index contributed by atoms with van der Waals surface area (Å²) in [6, 6.07) is 25.5. The molecule has 5 rings (SSSR count). The van der Waals surface area contributed by atoms with E-state index in [0.29, 0.717) is 54.0 Å². The zero-order chi connectivity index (χ0) is 22.6. The van der Waals surface area contributed by atoms with Crippen molar-refractivity contribution in [1.29, 1.82) is 0 Å². The molecule has 0 unspecified atom stereocenters. The van der Waals surface area contributed by atoms with E-state index in [1.807, 2.05) is 83.8 Å². The molecule has 0 atom stereocenters. The van der Waals surface area contributed by atoms with Crippen LogP contribution in [-0.4, -0.2) is 28.2 Å². The number of para-hydroxylation sites is 1. The van der Waals surface area contributed by atoms with E-state index in [1.165, 1.54) is 0 Å². The largest absolute Gasteiger partial charge is 0.486 e. The Morgan fingerprint density at radius 1 is 0.909 bits per heavy atom. The Labute approximate surface area is 196 Å². The van der Waals surface area contributed by atoms with Crippen molar-refractivity contribution in [3.8, 4) is 11.5 Å². The van der Waals surface area contributed by atoms with Crippen LogP contribution in [0.5, 0.6) is 11.5 Å². The minimum absolute atomic E-state index is 0.153. The summed E-state index contributed by atoms with van der Waals surface area (Å²) >= 11 is 5.74. The van der Waals surface area contributed by atoms with E-state index < -0.39 is 0 Å². The minimum Gasteiger partial charge on any atom is -0.486 e. The Morgan fingerprint density at radius 2 is 1.58 bits per heavy atom. The first-order chi connectivity index (χ1) is 16.2. The molecule has 2 heterocycles. The molecule has 2 N–H and O–H groups in total. The van der Waals surface area contributed by atoms with Gasteiger partial charge in [-0.05, 0) is 42.0 Å². The molecular weight excluding hydrogens is 434 g/mol. The number of fused-ring (bicyclic) bond motifs is 2. The van der Waals surface area contributed by atoms with Gasteiger partial charge >= 0.3 is 0 Å². The summed E-state index contributed by atoms with van der Waals surface area (Å²) in [5, 5.41) is 4.72. The van der Waals surface area contributed by atoms with Crippen LogP contribution in [0.15, 0.2) is 83.7 Å². The molecule has 1 aromatic heterocycles. The molecule has 0 saturated heterocycles. The van der Waals surface area contributed by atoms with Crippen LogP contribution in [0.4, 0.5) is 5.69 Å². The van der Waals surface area contributed by atoms with Gasteiger partial charge in [-0.1, -0.05) is 48.5 Å². The van der Waals surface area contributed by atoms with Gasteiger partial charge in [-0.25, -0.2) is 0 Å². The summed E-state index contributed by atoms with van der Waals surface area (Å²) in [6.45, 7) is 1.94. The van der Waals surface area contributed by atoms with Crippen LogP contribution in [0.3, 0.4) is 0 Å². The third-order valence-electron chi connectivity index (χ3n) is 5.47. The van der Waals surface area contributed by atoms with Crippen LogP contribution >= 0.6 is 12.2 Å². The number of aromatic nitrogens is 1. The second kappa shape index (κ2) is 9.34. The SMILES string of the molecule is O=c1[nH]c2cc3c(cc2cc1CN(Cc1ccccc1)C(=S)Nc1ccccc1)OCCO3. The summed E-state index contributed by atoms with van der Waals surface area (Å²) < 4.78 is 11.3. The van der Waals surface area contributed by atoms with Gasteiger partial charge in [0.25, 0.3) is 5.56 Å². The maximum absolute atomic E-state index is 13.0. The molecule has 0 amide bonds. The second-order valence-electron chi connectivity index (χ2n) is 7.84. The lowest BCUT2D eigenvalue weighted by molar-refractivity contribution is 0.172. The van der Waals surface area contributed by atoms with Gasteiger partial charge in [-0.15, -0.1) is 0 Å². The number of pyridine rings is 1. The van der Waals surface area contributed by atoms with Crippen molar-refractivity contribution >= 4 is 33.9 Å². The summed E-state index contributed by atoms with van der Waals surface area (Å²) in [7, 11) is 0. The summed E-state index contributed by atoms with van der Waals surface area (Å²) in [4.78, 5) is 17.9. The number of aromatic amines is 1. The number of hydrogen-bond acceptors (Lipinski definition) is 4. The van der Waals surface area contributed by atoms with E-state index in [-0.39, 0.29) is 5.56 Å². The zero-order valence-electron chi connectivity index (χ0n) is 17.9. The fourth-order valence-corrected chi connectivity index (χ4v) is 4.09. The first-order valence-corrected chi connectivity index (χ1v) is 11.2. The second-order valence-corrected chi connectivity index (χ2v) is 8.23. The fraction of sp³-hybridized carbons (Fsp3) is 0.154. The fourth-order valence-electron chi connectivity index (χ4n) is 3.84. The molecule has 1 aliphatic heterocycles. The molecule has 3 aromatic carbocycles. The Kier molecular flexibility index (Phi) is 5.95. The van der Waals surface area contributed by atoms with Crippen molar-refractivity contribution < 1.29 is 9.47 Å². The molecule has 1 aliphatic rings. The number of benzene rings is 3. The van der Waals surface area contributed by atoms with E-state index in [9.17, 15) is 4.79 Å². The summed E-state index contributed by atoms with van der Waals surface area (Å²) in [5.41, 5.74) is 3.18. The van der Waals surface area contributed by atoms with Crippen molar-refractivity contribution in [2.24, 2.45) is 0 Å². The van der Waals surface area contributed by atoms with Gasteiger partial charge in [0.15, 0.2) is 16.6 Å². The van der Waals surface area contributed by atoms with Crippen LogP contribution in [-0.2, 0) is 13.1 Å². The number of nitrogens with zero attached hydrogens (tertiary/aromatic N) is 1. The van der Waals surface area contributed by atoms with Crippen molar-refractivity contribution in [2.45, 2.75) is 13.1 Å². The minimum atomic E-state index is -0.153. The van der Waals surface area contributed by atoms with Gasteiger partial charge in [-0.3, -0.25) is 4.79 Å². The number of ether oxygens (including phenoxy) is 2. The molecule has 7 heteroatoms. The summed E-state index contributed by atoms with van der Waals surface area (Å²) in [6.07, 6.45) is 0. The first-order valence-electron chi connectivity index (χ1n) is 10.8. The highest BCUT2D eigenvalue weighted by Gasteiger charge is 2.17. The molecule has 0 bridgehead atoms. The van der Waals surface area contributed by atoms with Crippen molar-refractivity contribution in [3.05, 3.63) is 100 Å². The van der Waals surface area contributed by atoms with E-state index in [2.05, 4.69) is 10.3 Å². The van der Waals surface area contributed by atoms with Crippen molar-refractivity contribution in [1.82, 2.24) is 9.88 Å². The maximum atomic E-state index is 13.0. The topological polar surface area (TPSA) is 66.6 Å². The molecule has 0 spiro atoms. The molecular formula is C26H23N3O3S. The monoisotopic (exact) mass is 457 g/mol. The van der Waals surface area contributed by atoms with Crippen molar-refractivity contribution in [3.63, 3.8) is 0 Å². The lowest BCUT2D eigenvalue weighted by Gasteiger charge is -2.26. The first kappa shape index (κ1) is 21.0. The van der Waals surface area contributed by atoms with Crippen LogP contribution in [0, 0.1) is 0 Å². The lowest BCUT2D eigenvalue weighted by Crippen LogP contribution is -2.35. The standard InChI is InChI=1S/C26H23N3O3S/c30-25-20(13-19-14-23-24(15-22(19)28-25)32-12-11-31-23)17-29(16-18-7-3-1-4-8-18)26(33)27-21-9-5-2-6-10-21/h1-10,13-15H,11-12,16-17H2,(H,27,33)(H,28,30). The molecule has 4 aromatic rings. The average molecular weight is 458 g/mol. The van der Waals surface area contributed by atoms with E-state index in [4.69, 9.17) is 21.7 Å². The molecule has 0 fully saturated rings. The van der Waals surface area contributed by atoms with E-state index >= 15 is 0 Å². The van der Waals surface area contributed by atoms with Crippen LogP contribution in [0.2, 0.25) is 0 Å². The van der Waals surface area contributed by atoms with Gasteiger partial charge in [0.1, 0.15) is 13.2 Å². The van der Waals surface area contributed by atoms with Gasteiger partial charge in [0.2, 0.25) is 0 Å². The number of H-pyrrole nitrogens is 1. The summed E-state index contributed by atoms with van der Waals surface area (Å²) in [5.74, 6) is 1.34. The maximum Gasteiger partial charge on any atom is 0.253 e. The number of rotatable bonds is 5. The Bertz CT molecular complexity index is 1340. The smallest absolute Gasteiger partial charge is 0.253 e. The highest BCUT2D eigenvalue weighted by Crippen LogP contribution is 2.33. The number of thiocarbonyl (C=S) groups is 1. The van der Waals surface area contributed by atoms with Crippen LogP contribution in [0.1, 0.15) is 11.1 Å². The highest BCUT2D eigenvalue weighted by atomic mass is 32.1. The third-order valence-corrected chi connectivity index (χ3v) is 5.83. The zero-order valence-corrected chi connectivity index (χ0v) is 18.7. The Balaban J connectivity index is 1.46. The third kappa shape index (κ3) is 4.83. The lowest BCUT2D eigenvalue weighted by atomic mass is 10.1. The predicted molar refractivity (Wildman–Crippen MR) is 134 cm³/mol. The Morgan fingerprint density at radius 3 is 2.30 bits per heavy atom. The molecule has 0 saturated carbocycles. The quantitative estimate of drug-likeness (QED) is 0.424. The molecule has 33 heavy (non-hydrogen) atoms. The van der Waals surface area contributed by atoms with Gasteiger partial charge < -0.3 is 24.7 Å². The normalized spacial score (nSPS) is 12.4. The van der Waals surface area contributed by atoms with E-state index in [1.54, 1.807) is 0 Å². The molecule has 166 valence electrons. The van der Waals surface area contributed by atoms with Crippen LogP contribution in [0.25, 0.3) is 10.9 Å².